The lowest BCUT2D eigenvalue weighted by Crippen LogP contribution is -2.52. The minimum absolute atomic E-state index is 0.0729. The highest BCUT2D eigenvalue weighted by Gasteiger charge is 2.27. The van der Waals surface area contributed by atoms with Gasteiger partial charge in [0.1, 0.15) is 17.9 Å². The molecule has 184 valence electrons. The predicted molar refractivity (Wildman–Crippen MR) is 134 cm³/mol. The third kappa shape index (κ3) is 6.01. The average molecular weight is 516 g/mol. The smallest absolute Gasteiger partial charge is 0.263 e. The van der Waals surface area contributed by atoms with E-state index in [2.05, 4.69) is 19.6 Å². The first kappa shape index (κ1) is 24.7. The molecule has 4 rings (SSSR count). The minimum Gasteiger partial charge on any atom is -0.481 e. The molecular formula is C24H26ClN5O4S. The van der Waals surface area contributed by atoms with E-state index < -0.39 is 16.1 Å². The van der Waals surface area contributed by atoms with Gasteiger partial charge in [-0.25, -0.2) is 18.4 Å². The molecule has 0 radical (unpaired) electrons. The quantitative estimate of drug-likeness (QED) is 0.514. The first-order chi connectivity index (χ1) is 16.7. The molecule has 1 fully saturated rings. The zero-order chi connectivity index (χ0) is 25.0. The molecule has 1 atom stereocenters. The largest absolute Gasteiger partial charge is 0.481 e. The van der Waals surface area contributed by atoms with Crippen molar-refractivity contribution in [3.63, 3.8) is 0 Å². The number of aromatic nitrogens is 2. The third-order valence-electron chi connectivity index (χ3n) is 5.71. The highest BCUT2D eigenvalue weighted by Crippen LogP contribution is 2.24. The summed E-state index contributed by atoms with van der Waals surface area (Å²) in [6.45, 7) is 5.98. The maximum atomic E-state index is 12.9. The van der Waals surface area contributed by atoms with Gasteiger partial charge in [0.25, 0.3) is 15.9 Å². The van der Waals surface area contributed by atoms with E-state index >= 15 is 0 Å². The topological polar surface area (TPSA) is 105 Å². The summed E-state index contributed by atoms with van der Waals surface area (Å²) in [5, 5.41) is 0.623. The van der Waals surface area contributed by atoms with Crippen LogP contribution in [0.4, 0.5) is 11.5 Å². The van der Waals surface area contributed by atoms with Crippen LogP contribution in [0.2, 0.25) is 5.02 Å². The van der Waals surface area contributed by atoms with Gasteiger partial charge in [0, 0.05) is 43.1 Å². The Kier molecular flexibility index (Phi) is 7.42. The van der Waals surface area contributed by atoms with Gasteiger partial charge < -0.3 is 14.5 Å². The Balaban J connectivity index is 1.33. The van der Waals surface area contributed by atoms with Crippen molar-refractivity contribution in [3.8, 4) is 5.75 Å². The summed E-state index contributed by atoms with van der Waals surface area (Å²) >= 11 is 5.99. The second-order valence-corrected chi connectivity index (χ2v) is 10.3. The fourth-order valence-electron chi connectivity index (χ4n) is 3.81. The number of piperazine rings is 1. The van der Waals surface area contributed by atoms with Gasteiger partial charge in [0.2, 0.25) is 0 Å². The summed E-state index contributed by atoms with van der Waals surface area (Å²) in [4.78, 5) is 24.6. The van der Waals surface area contributed by atoms with Crippen LogP contribution < -0.4 is 14.4 Å². The second-order valence-electron chi connectivity index (χ2n) is 8.18. The van der Waals surface area contributed by atoms with Crippen LogP contribution in [0.15, 0.2) is 66.0 Å². The van der Waals surface area contributed by atoms with Crippen LogP contribution in [0, 0.1) is 6.92 Å². The molecule has 0 spiro atoms. The normalized spacial score (nSPS) is 14.9. The van der Waals surface area contributed by atoms with Crippen LogP contribution in [-0.4, -0.2) is 61.5 Å². The molecule has 2 heterocycles. The van der Waals surface area contributed by atoms with E-state index in [0.717, 1.165) is 11.3 Å². The Morgan fingerprint density at radius 1 is 1.09 bits per heavy atom. The number of hydrogen-bond donors (Lipinski definition) is 1. The molecule has 1 aliphatic rings. The number of aryl methyl sites for hydroxylation is 1. The van der Waals surface area contributed by atoms with Gasteiger partial charge in [-0.1, -0.05) is 11.6 Å². The number of sulfonamides is 1. The Hall–Kier alpha value is -3.37. The lowest BCUT2D eigenvalue weighted by atomic mass is 10.2. The fourth-order valence-corrected chi connectivity index (χ4v) is 5.05. The van der Waals surface area contributed by atoms with E-state index in [0.29, 0.717) is 37.0 Å². The molecule has 0 bridgehead atoms. The third-order valence-corrected chi connectivity index (χ3v) is 7.32. The lowest BCUT2D eigenvalue weighted by Gasteiger charge is -2.37. The monoisotopic (exact) mass is 515 g/mol. The van der Waals surface area contributed by atoms with E-state index in [4.69, 9.17) is 16.3 Å². The molecule has 1 aromatic heterocycles. The van der Waals surface area contributed by atoms with Gasteiger partial charge in [-0.2, -0.15) is 0 Å². The van der Waals surface area contributed by atoms with E-state index in [1.165, 1.54) is 18.6 Å². The number of rotatable bonds is 7. The molecule has 1 saturated heterocycles. The Labute approximate surface area is 209 Å². The molecule has 1 amide bonds. The summed E-state index contributed by atoms with van der Waals surface area (Å²) in [6.07, 6.45) is 2.12. The Bertz CT molecular complexity index is 1280. The number of halogens is 1. The van der Waals surface area contributed by atoms with Crippen LogP contribution in [0.5, 0.6) is 5.75 Å². The highest BCUT2D eigenvalue weighted by molar-refractivity contribution is 7.92. The molecular weight excluding hydrogens is 490 g/mol. The zero-order valence-corrected chi connectivity index (χ0v) is 21.0. The summed E-state index contributed by atoms with van der Waals surface area (Å²) in [5.41, 5.74) is 1.76. The number of anilines is 2. The van der Waals surface area contributed by atoms with E-state index in [9.17, 15) is 13.2 Å². The minimum atomic E-state index is -3.75. The Morgan fingerprint density at radius 2 is 1.80 bits per heavy atom. The maximum Gasteiger partial charge on any atom is 0.263 e. The number of carbonyl (C=O) groups excluding carboxylic acids is 1. The average Bonchev–Trinajstić information content (AvgIpc) is 2.86. The summed E-state index contributed by atoms with van der Waals surface area (Å²) in [6, 6.07) is 13.4. The van der Waals surface area contributed by atoms with Crippen molar-refractivity contribution in [2.45, 2.75) is 24.8 Å². The summed E-state index contributed by atoms with van der Waals surface area (Å²) in [7, 11) is -3.75. The van der Waals surface area contributed by atoms with Crippen molar-refractivity contribution in [1.29, 1.82) is 0 Å². The van der Waals surface area contributed by atoms with Crippen LogP contribution in [0.1, 0.15) is 12.5 Å². The van der Waals surface area contributed by atoms with Crippen molar-refractivity contribution in [3.05, 3.63) is 71.6 Å². The van der Waals surface area contributed by atoms with Crippen molar-refractivity contribution < 1.29 is 17.9 Å². The molecule has 0 saturated carbocycles. The first-order valence-corrected chi connectivity index (χ1v) is 12.9. The number of benzene rings is 2. The number of hydrogen-bond acceptors (Lipinski definition) is 7. The lowest BCUT2D eigenvalue weighted by molar-refractivity contribution is -0.138. The molecule has 35 heavy (non-hydrogen) atoms. The second kappa shape index (κ2) is 10.5. The van der Waals surface area contributed by atoms with Crippen LogP contribution in [0.3, 0.4) is 0 Å². The number of amides is 1. The predicted octanol–water partition coefficient (Wildman–Crippen LogP) is 3.36. The van der Waals surface area contributed by atoms with Crippen molar-refractivity contribution in [1.82, 2.24) is 14.9 Å². The summed E-state index contributed by atoms with van der Waals surface area (Å²) < 4.78 is 33.5. The van der Waals surface area contributed by atoms with Crippen molar-refractivity contribution in [2.24, 2.45) is 0 Å². The standard InChI is InChI=1S/C24H26ClN5O4S/c1-17-15-19(25)3-8-22(17)34-18(2)24(31)30-13-11-29(12-14-30)20-4-6-21(7-5-20)35(32,33)28-23-9-10-26-16-27-23/h3-10,15-16,18H,11-14H2,1-2H3,(H,26,27,28). The van der Waals surface area contributed by atoms with Crippen LogP contribution in [-0.2, 0) is 14.8 Å². The van der Waals surface area contributed by atoms with Gasteiger partial charge in [-0.3, -0.25) is 9.52 Å². The number of nitrogens with one attached hydrogen (secondary N) is 1. The molecule has 3 aromatic rings. The van der Waals surface area contributed by atoms with Crippen LogP contribution in [0.25, 0.3) is 0 Å². The SMILES string of the molecule is Cc1cc(Cl)ccc1OC(C)C(=O)N1CCN(c2ccc(S(=O)(=O)Nc3ccncn3)cc2)CC1. The molecule has 1 aliphatic heterocycles. The molecule has 9 nitrogen and oxygen atoms in total. The number of nitrogens with zero attached hydrogens (tertiary/aromatic N) is 4. The van der Waals surface area contributed by atoms with Gasteiger partial charge in [-0.15, -0.1) is 0 Å². The fraction of sp³-hybridized carbons (Fsp3) is 0.292. The number of ether oxygens (including phenoxy) is 1. The summed E-state index contributed by atoms with van der Waals surface area (Å²) in [5.74, 6) is 0.767. The molecule has 1 N–H and O–H groups in total. The van der Waals surface area contributed by atoms with E-state index in [-0.39, 0.29) is 16.6 Å². The van der Waals surface area contributed by atoms with E-state index in [1.807, 2.05) is 6.92 Å². The van der Waals surface area contributed by atoms with Gasteiger partial charge >= 0.3 is 0 Å². The molecule has 0 aliphatic carbocycles. The van der Waals surface area contributed by atoms with Crippen molar-refractivity contribution >= 4 is 39.0 Å². The van der Waals surface area contributed by atoms with Crippen LogP contribution >= 0.6 is 11.6 Å². The molecule has 2 aromatic carbocycles. The zero-order valence-electron chi connectivity index (χ0n) is 19.4. The first-order valence-electron chi connectivity index (χ1n) is 11.1. The van der Waals surface area contributed by atoms with Crippen molar-refractivity contribution in [2.75, 3.05) is 35.8 Å². The van der Waals surface area contributed by atoms with Gasteiger partial charge in [0.15, 0.2) is 6.10 Å². The Morgan fingerprint density at radius 3 is 2.43 bits per heavy atom. The van der Waals surface area contributed by atoms with E-state index in [1.54, 1.807) is 54.3 Å². The molecule has 11 heteroatoms. The van der Waals surface area contributed by atoms with Gasteiger partial charge in [-0.05, 0) is 67.9 Å². The number of carbonyl (C=O) groups is 1. The molecule has 1 unspecified atom stereocenters. The maximum absolute atomic E-state index is 12.9. The van der Waals surface area contributed by atoms with Gasteiger partial charge in [0.05, 0.1) is 4.90 Å². The highest BCUT2D eigenvalue weighted by atomic mass is 35.5.